The van der Waals surface area contributed by atoms with Gasteiger partial charge in [0.25, 0.3) is 0 Å². The average Bonchev–Trinajstić information content (AvgIpc) is 2.99. The van der Waals surface area contributed by atoms with Gasteiger partial charge in [-0.2, -0.15) is 8.78 Å². The van der Waals surface area contributed by atoms with Crippen molar-refractivity contribution in [1.29, 1.82) is 0 Å². The molecule has 0 spiro atoms. The molecule has 0 bridgehead atoms. The molecule has 0 aliphatic carbocycles. The molecule has 26 heavy (non-hydrogen) atoms. The molecule has 0 saturated heterocycles. The van der Waals surface area contributed by atoms with Gasteiger partial charge in [-0.15, -0.1) is 0 Å². The maximum Gasteiger partial charge on any atom is 0.387 e. The minimum absolute atomic E-state index is 0.0457. The molecule has 0 unspecified atom stereocenters. The van der Waals surface area contributed by atoms with Gasteiger partial charge in [-0.05, 0) is 35.9 Å². The van der Waals surface area contributed by atoms with Gasteiger partial charge in [-0.3, -0.25) is 4.79 Å². The molecule has 8 heteroatoms. The van der Waals surface area contributed by atoms with Crippen molar-refractivity contribution < 1.29 is 27.4 Å². The second-order valence-electron chi connectivity index (χ2n) is 5.47. The fourth-order valence-corrected chi connectivity index (χ4v) is 2.58. The van der Waals surface area contributed by atoms with Gasteiger partial charge in [0.05, 0.1) is 13.5 Å². The lowest BCUT2D eigenvalue weighted by Gasteiger charge is -2.09. The molecule has 1 heterocycles. The Morgan fingerprint density at radius 3 is 2.73 bits per heavy atom. The van der Waals surface area contributed by atoms with Crippen molar-refractivity contribution in [3.05, 3.63) is 54.0 Å². The van der Waals surface area contributed by atoms with Crippen molar-refractivity contribution in [2.45, 2.75) is 13.0 Å². The van der Waals surface area contributed by atoms with Crippen LogP contribution in [0.5, 0.6) is 11.5 Å². The van der Waals surface area contributed by atoms with Crippen molar-refractivity contribution in [3.63, 3.8) is 0 Å². The van der Waals surface area contributed by atoms with E-state index in [4.69, 9.17) is 4.74 Å². The summed E-state index contributed by atoms with van der Waals surface area (Å²) in [5.41, 5.74) is 1.74. The van der Waals surface area contributed by atoms with Crippen LogP contribution in [0, 0.1) is 5.82 Å². The highest BCUT2D eigenvalue weighted by atomic mass is 19.3. The summed E-state index contributed by atoms with van der Waals surface area (Å²) < 4.78 is 47.2. The molecule has 0 atom stereocenters. The first-order valence-electron chi connectivity index (χ1n) is 7.64. The van der Waals surface area contributed by atoms with Gasteiger partial charge in [-0.1, -0.05) is 0 Å². The number of H-pyrrole nitrogens is 1. The number of carbonyl (C=O) groups excluding carboxylic acids is 1. The number of aromatic amines is 1. The van der Waals surface area contributed by atoms with Crippen LogP contribution in [0.3, 0.4) is 0 Å². The van der Waals surface area contributed by atoms with Crippen LogP contribution < -0.4 is 14.8 Å². The van der Waals surface area contributed by atoms with Gasteiger partial charge in [0, 0.05) is 28.9 Å². The highest BCUT2D eigenvalue weighted by Gasteiger charge is 2.13. The van der Waals surface area contributed by atoms with E-state index in [-0.39, 0.29) is 18.0 Å². The van der Waals surface area contributed by atoms with Gasteiger partial charge in [0.1, 0.15) is 5.75 Å². The largest absolute Gasteiger partial charge is 0.497 e. The Morgan fingerprint density at radius 2 is 2.04 bits per heavy atom. The predicted molar refractivity (Wildman–Crippen MR) is 90.2 cm³/mol. The molecule has 0 fully saturated rings. The standard InChI is InChI=1S/C18H15F3N2O3/c1-25-12-3-4-15-13(8-12)10(9-22-15)6-17(24)23-11-2-5-16(14(19)7-11)26-18(20)21/h2-5,7-9,18,22H,6H2,1H3,(H,23,24). The lowest BCUT2D eigenvalue weighted by Crippen LogP contribution is -2.14. The average molecular weight is 364 g/mol. The lowest BCUT2D eigenvalue weighted by molar-refractivity contribution is -0.115. The summed E-state index contributed by atoms with van der Waals surface area (Å²) in [6.45, 7) is -3.12. The summed E-state index contributed by atoms with van der Waals surface area (Å²) in [6, 6.07) is 8.70. The topological polar surface area (TPSA) is 63.4 Å². The molecule has 136 valence electrons. The number of alkyl halides is 2. The van der Waals surface area contributed by atoms with Gasteiger partial charge in [-0.25, -0.2) is 4.39 Å². The van der Waals surface area contributed by atoms with Crippen LogP contribution >= 0.6 is 0 Å². The number of hydrogen-bond donors (Lipinski definition) is 2. The quantitative estimate of drug-likeness (QED) is 0.692. The number of halogens is 3. The minimum atomic E-state index is -3.12. The number of fused-ring (bicyclic) bond motifs is 1. The number of ether oxygens (including phenoxy) is 2. The van der Waals surface area contributed by atoms with E-state index in [1.165, 1.54) is 6.07 Å². The van der Waals surface area contributed by atoms with Crippen molar-refractivity contribution in [1.82, 2.24) is 4.98 Å². The van der Waals surface area contributed by atoms with Crippen LogP contribution in [0.1, 0.15) is 5.56 Å². The van der Waals surface area contributed by atoms with Crippen molar-refractivity contribution in [2.24, 2.45) is 0 Å². The number of hydrogen-bond acceptors (Lipinski definition) is 3. The Balaban J connectivity index is 1.72. The van der Waals surface area contributed by atoms with E-state index in [0.717, 1.165) is 28.6 Å². The maximum atomic E-state index is 13.7. The summed E-state index contributed by atoms with van der Waals surface area (Å²) in [4.78, 5) is 15.3. The Kier molecular flexibility index (Phi) is 5.01. The summed E-state index contributed by atoms with van der Waals surface area (Å²) in [7, 11) is 1.55. The van der Waals surface area contributed by atoms with Gasteiger partial charge in [0.2, 0.25) is 5.91 Å². The third kappa shape index (κ3) is 3.90. The van der Waals surface area contributed by atoms with Crippen molar-refractivity contribution in [3.8, 4) is 11.5 Å². The van der Waals surface area contributed by atoms with E-state index in [1.807, 2.05) is 12.1 Å². The van der Waals surface area contributed by atoms with E-state index in [9.17, 15) is 18.0 Å². The monoisotopic (exact) mass is 364 g/mol. The molecule has 2 aromatic carbocycles. The molecule has 1 aromatic heterocycles. The van der Waals surface area contributed by atoms with Gasteiger partial charge in [0.15, 0.2) is 11.6 Å². The Hall–Kier alpha value is -3.16. The van der Waals surface area contributed by atoms with Crippen LogP contribution in [-0.2, 0) is 11.2 Å². The van der Waals surface area contributed by atoms with Crippen LogP contribution in [0.4, 0.5) is 18.9 Å². The number of rotatable bonds is 6. The fourth-order valence-electron chi connectivity index (χ4n) is 2.58. The third-order valence-corrected chi connectivity index (χ3v) is 3.76. The smallest absolute Gasteiger partial charge is 0.387 e. The zero-order chi connectivity index (χ0) is 18.7. The van der Waals surface area contributed by atoms with Crippen LogP contribution in [0.25, 0.3) is 10.9 Å². The number of carbonyl (C=O) groups is 1. The molecule has 0 aliphatic heterocycles. The molecule has 3 aromatic rings. The molecule has 3 rings (SSSR count). The second-order valence-corrected chi connectivity index (χ2v) is 5.47. The summed E-state index contributed by atoms with van der Waals surface area (Å²) >= 11 is 0. The Bertz CT molecular complexity index is 941. The van der Waals surface area contributed by atoms with Crippen LogP contribution in [0.15, 0.2) is 42.6 Å². The van der Waals surface area contributed by atoms with E-state index >= 15 is 0 Å². The van der Waals surface area contributed by atoms with Gasteiger partial charge >= 0.3 is 6.61 Å². The molecule has 0 radical (unpaired) electrons. The van der Waals surface area contributed by atoms with Crippen LogP contribution in [0.2, 0.25) is 0 Å². The zero-order valence-corrected chi connectivity index (χ0v) is 13.7. The SMILES string of the molecule is COc1ccc2[nH]cc(CC(=O)Nc3ccc(OC(F)F)c(F)c3)c2c1. The fraction of sp³-hybridized carbons (Fsp3) is 0.167. The van der Waals surface area contributed by atoms with E-state index in [0.29, 0.717) is 5.75 Å². The normalized spacial score (nSPS) is 11.0. The lowest BCUT2D eigenvalue weighted by atomic mass is 10.1. The van der Waals surface area contributed by atoms with Crippen molar-refractivity contribution in [2.75, 3.05) is 12.4 Å². The maximum absolute atomic E-state index is 13.7. The first-order valence-corrected chi connectivity index (χ1v) is 7.64. The highest BCUT2D eigenvalue weighted by Crippen LogP contribution is 2.25. The van der Waals surface area contributed by atoms with E-state index in [2.05, 4.69) is 15.0 Å². The third-order valence-electron chi connectivity index (χ3n) is 3.76. The molecular weight excluding hydrogens is 349 g/mol. The molecule has 5 nitrogen and oxygen atoms in total. The number of anilines is 1. The summed E-state index contributed by atoms with van der Waals surface area (Å²) in [5, 5.41) is 3.37. The predicted octanol–water partition coefficient (Wildman–Crippen LogP) is 4.10. The minimum Gasteiger partial charge on any atom is -0.497 e. The number of nitrogens with one attached hydrogen (secondary N) is 2. The molecule has 0 saturated carbocycles. The first-order chi connectivity index (χ1) is 12.5. The first kappa shape index (κ1) is 17.7. The molecular formula is C18H15F3N2O3. The summed E-state index contributed by atoms with van der Waals surface area (Å²) in [5.74, 6) is -1.28. The van der Waals surface area contributed by atoms with E-state index < -0.39 is 18.2 Å². The number of amides is 1. The van der Waals surface area contributed by atoms with Crippen LogP contribution in [-0.4, -0.2) is 24.6 Å². The second kappa shape index (κ2) is 7.38. The number of methoxy groups -OCH3 is 1. The molecule has 2 N–H and O–H groups in total. The summed E-state index contributed by atoms with van der Waals surface area (Å²) in [6.07, 6.45) is 1.76. The highest BCUT2D eigenvalue weighted by molar-refractivity contribution is 5.96. The van der Waals surface area contributed by atoms with Gasteiger partial charge < -0.3 is 19.8 Å². The Morgan fingerprint density at radius 1 is 1.23 bits per heavy atom. The molecule has 0 aliphatic rings. The zero-order valence-electron chi connectivity index (χ0n) is 13.7. The number of aromatic nitrogens is 1. The number of benzene rings is 2. The van der Waals surface area contributed by atoms with E-state index in [1.54, 1.807) is 19.4 Å². The van der Waals surface area contributed by atoms with Crippen molar-refractivity contribution >= 4 is 22.5 Å². The molecule has 1 amide bonds. The Labute approximate surface area is 146 Å².